The van der Waals surface area contributed by atoms with Crippen LogP contribution in [0.1, 0.15) is 12.8 Å². The molecule has 0 radical (unpaired) electrons. The number of amides is 2. The first kappa shape index (κ1) is 17.0. The van der Waals surface area contributed by atoms with Crippen LogP contribution in [0.25, 0.3) is 0 Å². The zero-order valence-electron chi connectivity index (χ0n) is 13.3. The summed E-state index contributed by atoms with van der Waals surface area (Å²) in [6.07, 6.45) is 0.332. The number of anilines is 1. The van der Waals surface area contributed by atoms with Gasteiger partial charge in [-0.05, 0) is 48.5 Å². The third-order valence-corrected chi connectivity index (χ3v) is 4.96. The summed E-state index contributed by atoms with van der Waals surface area (Å²) in [6, 6.07) is 11.5. The molecule has 25 heavy (non-hydrogen) atoms. The van der Waals surface area contributed by atoms with Gasteiger partial charge in [-0.3, -0.25) is 14.5 Å². The van der Waals surface area contributed by atoms with Gasteiger partial charge in [-0.2, -0.15) is 8.42 Å². The number of hydrogen-bond acceptors (Lipinski definition) is 6. The number of nitrogens with zero attached hydrogens (tertiary/aromatic N) is 1. The average molecular weight is 361 g/mol. The fourth-order valence-corrected chi connectivity index (χ4v) is 3.36. The minimum absolute atomic E-state index is 0.0776. The monoisotopic (exact) mass is 361 g/mol. The van der Waals surface area contributed by atoms with Crippen LogP contribution in [0.15, 0.2) is 53.4 Å². The predicted octanol–water partition coefficient (Wildman–Crippen LogP) is 2.12. The lowest BCUT2D eigenvalue weighted by atomic mass is 10.3. The highest BCUT2D eigenvalue weighted by Gasteiger charge is 2.30. The van der Waals surface area contributed by atoms with Gasteiger partial charge in [0.15, 0.2) is 0 Å². The Balaban J connectivity index is 1.80. The van der Waals surface area contributed by atoms with Gasteiger partial charge in [0.25, 0.3) is 0 Å². The molecule has 0 aliphatic carbocycles. The van der Waals surface area contributed by atoms with Crippen LogP contribution in [0.5, 0.6) is 11.5 Å². The Morgan fingerprint density at radius 2 is 1.36 bits per heavy atom. The summed E-state index contributed by atoms with van der Waals surface area (Å²) in [5.74, 6) is 0.133. The van der Waals surface area contributed by atoms with E-state index >= 15 is 0 Å². The van der Waals surface area contributed by atoms with E-state index in [0.717, 1.165) is 4.90 Å². The Morgan fingerprint density at radius 3 is 1.88 bits per heavy atom. The van der Waals surface area contributed by atoms with Gasteiger partial charge < -0.3 is 8.92 Å². The van der Waals surface area contributed by atoms with E-state index in [2.05, 4.69) is 0 Å². The molecule has 0 saturated carbocycles. The molecular formula is C17H15NO6S. The smallest absolute Gasteiger partial charge is 0.339 e. The van der Waals surface area contributed by atoms with Crippen LogP contribution in [0.2, 0.25) is 0 Å². The van der Waals surface area contributed by atoms with Crippen LogP contribution in [0, 0.1) is 0 Å². The largest absolute Gasteiger partial charge is 0.497 e. The molecule has 2 amide bonds. The van der Waals surface area contributed by atoms with E-state index < -0.39 is 10.1 Å². The van der Waals surface area contributed by atoms with Crippen molar-refractivity contribution in [3.63, 3.8) is 0 Å². The van der Waals surface area contributed by atoms with Crippen molar-refractivity contribution in [3.05, 3.63) is 48.5 Å². The first-order valence-corrected chi connectivity index (χ1v) is 8.86. The highest BCUT2D eigenvalue weighted by atomic mass is 32.2. The Kier molecular flexibility index (Phi) is 4.45. The molecule has 2 aromatic rings. The van der Waals surface area contributed by atoms with Crippen molar-refractivity contribution in [2.45, 2.75) is 17.7 Å². The van der Waals surface area contributed by atoms with Gasteiger partial charge in [0.2, 0.25) is 11.8 Å². The molecule has 0 spiro atoms. The third-order valence-electron chi connectivity index (χ3n) is 3.70. The fraction of sp³-hybridized carbons (Fsp3) is 0.176. The molecule has 0 aromatic heterocycles. The number of ether oxygens (including phenoxy) is 1. The molecule has 2 aromatic carbocycles. The second-order valence-corrected chi connectivity index (χ2v) is 6.88. The van der Waals surface area contributed by atoms with Crippen molar-refractivity contribution >= 4 is 27.6 Å². The normalized spacial score (nSPS) is 14.7. The summed E-state index contributed by atoms with van der Waals surface area (Å²) in [7, 11) is -2.53. The van der Waals surface area contributed by atoms with Gasteiger partial charge >= 0.3 is 10.1 Å². The summed E-state index contributed by atoms with van der Waals surface area (Å²) in [4.78, 5) is 24.4. The zero-order valence-corrected chi connectivity index (χ0v) is 14.2. The second kappa shape index (κ2) is 6.56. The van der Waals surface area contributed by atoms with Crippen molar-refractivity contribution in [1.29, 1.82) is 0 Å². The fourth-order valence-electron chi connectivity index (χ4n) is 2.43. The summed E-state index contributed by atoms with van der Waals surface area (Å²) in [5, 5.41) is 0. The molecular weight excluding hydrogens is 346 g/mol. The maximum absolute atomic E-state index is 12.3. The maximum atomic E-state index is 12.3. The summed E-state index contributed by atoms with van der Waals surface area (Å²) in [6.45, 7) is 0. The van der Waals surface area contributed by atoms with Gasteiger partial charge in [-0.15, -0.1) is 0 Å². The summed E-state index contributed by atoms with van der Waals surface area (Å²) >= 11 is 0. The summed E-state index contributed by atoms with van der Waals surface area (Å²) in [5.41, 5.74) is 0.343. The number of carbonyl (C=O) groups is 2. The molecule has 7 nitrogen and oxygen atoms in total. The molecule has 1 heterocycles. The lowest BCUT2D eigenvalue weighted by molar-refractivity contribution is -0.121. The van der Waals surface area contributed by atoms with Crippen molar-refractivity contribution in [2.24, 2.45) is 0 Å². The van der Waals surface area contributed by atoms with Crippen molar-refractivity contribution in [3.8, 4) is 11.5 Å². The Bertz CT molecular complexity index is 887. The van der Waals surface area contributed by atoms with E-state index in [1.165, 1.54) is 43.5 Å². The van der Waals surface area contributed by atoms with E-state index in [-0.39, 0.29) is 35.3 Å². The lowest BCUT2D eigenvalue weighted by Gasteiger charge is -2.14. The van der Waals surface area contributed by atoms with E-state index in [0.29, 0.717) is 11.4 Å². The van der Waals surface area contributed by atoms with E-state index in [4.69, 9.17) is 8.92 Å². The number of benzene rings is 2. The van der Waals surface area contributed by atoms with Gasteiger partial charge in [-0.25, -0.2) is 0 Å². The number of imide groups is 1. The molecule has 3 rings (SSSR count). The number of hydrogen-bond donors (Lipinski definition) is 0. The van der Waals surface area contributed by atoms with E-state index in [1.54, 1.807) is 12.1 Å². The highest BCUT2D eigenvalue weighted by Crippen LogP contribution is 2.26. The maximum Gasteiger partial charge on any atom is 0.339 e. The predicted molar refractivity (Wildman–Crippen MR) is 89.0 cm³/mol. The van der Waals surface area contributed by atoms with Gasteiger partial charge in [0.1, 0.15) is 16.4 Å². The topological polar surface area (TPSA) is 90.0 Å². The Hall–Kier alpha value is -2.87. The van der Waals surface area contributed by atoms with E-state index in [9.17, 15) is 18.0 Å². The van der Waals surface area contributed by atoms with Crippen molar-refractivity contribution < 1.29 is 26.9 Å². The summed E-state index contributed by atoms with van der Waals surface area (Å²) < 4.78 is 34.7. The molecule has 0 atom stereocenters. The quantitative estimate of drug-likeness (QED) is 0.598. The van der Waals surface area contributed by atoms with Crippen molar-refractivity contribution in [1.82, 2.24) is 0 Å². The first-order valence-electron chi connectivity index (χ1n) is 7.45. The average Bonchev–Trinajstić information content (AvgIpc) is 2.94. The lowest BCUT2D eigenvalue weighted by Crippen LogP contribution is -2.28. The molecule has 1 aliphatic heterocycles. The minimum Gasteiger partial charge on any atom is -0.497 e. The highest BCUT2D eigenvalue weighted by molar-refractivity contribution is 7.87. The van der Waals surface area contributed by atoms with Gasteiger partial charge in [0.05, 0.1) is 12.8 Å². The minimum atomic E-state index is -4.03. The molecule has 0 N–H and O–H groups in total. The Morgan fingerprint density at radius 1 is 0.840 bits per heavy atom. The zero-order chi connectivity index (χ0) is 18.0. The van der Waals surface area contributed by atoms with Crippen molar-refractivity contribution in [2.75, 3.05) is 12.0 Å². The molecule has 1 fully saturated rings. The van der Waals surface area contributed by atoms with Gasteiger partial charge in [0, 0.05) is 12.8 Å². The molecule has 0 bridgehead atoms. The van der Waals surface area contributed by atoms with Crippen LogP contribution in [-0.2, 0) is 19.7 Å². The SMILES string of the molecule is COc1ccc(OS(=O)(=O)c2ccc(N3C(=O)CCC3=O)cc2)cc1. The standard InChI is InChI=1S/C17H15NO6S/c1-23-13-4-6-14(7-5-13)24-25(21,22)15-8-2-12(3-9-15)18-16(19)10-11-17(18)20/h2-9H,10-11H2,1H3. The first-order chi connectivity index (χ1) is 11.9. The van der Waals surface area contributed by atoms with Crippen LogP contribution in [-0.4, -0.2) is 27.3 Å². The van der Waals surface area contributed by atoms with E-state index in [1.807, 2.05) is 0 Å². The molecule has 1 saturated heterocycles. The Labute approximate surface area is 144 Å². The number of carbonyl (C=O) groups excluding carboxylic acids is 2. The molecule has 130 valence electrons. The van der Waals surface area contributed by atoms with Gasteiger partial charge in [-0.1, -0.05) is 0 Å². The molecule has 8 heteroatoms. The van der Waals surface area contributed by atoms with Crippen LogP contribution in [0.4, 0.5) is 5.69 Å². The number of rotatable bonds is 5. The second-order valence-electron chi connectivity index (χ2n) is 5.33. The van der Waals surface area contributed by atoms with Crippen LogP contribution >= 0.6 is 0 Å². The van der Waals surface area contributed by atoms with Crippen LogP contribution in [0.3, 0.4) is 0 Å². The third kappa shape index (κ3) is 3.48. The number of methoxy groups -OCH3 is 1. The molecule has 1 aliphatic rings. The molecule has 0 unspecified atom stereocenters. The van der Waals surface area contributed by atoms with Crippen LogP contribution < -0.4 is 13.8 Å².